The number of carbonyl (C=O) groups is 1. The van der Waals surface area contributed by atoms with Crippen molar-refractivity contribution in [3.05, 3.63) is 52.2 Å². The minimum atomic E-state index is -0.206. The number of benzene rings is 1. The molecule has 122 valence electrons. The van der Waals surface area contributed by atoms with Crippen LogP contribution >= 0.6 is 11.3 Å². The highest BCUT2D eigenvalue weighted by Crippen LogP contribution is 2.21. The Hall–Kier alpha value is -1.79. The third-order valence-electron chi connectivity index (χ3n) is 4.16. The average Bonchev–Trinajstić information content (AvgIpc) is 3.21. The number of amides is 1. The average molecular weight is 333 g/mol. The van der Waals surface area contributed by atoms with Crippen molar-refractivity contribution >= 4 is 17.2 Å². The summed E-state index contributed by atoms with van der Waals surface area (Å²) in [6.07, 6.45) is 2.55. The van der Waals surface area contributed by atoms with Crippen molar-refractivity contribution in [2.75, 3.05) is 13.1 Å². The van der Waals surface area contributed by atoms with Crippen LogP contribution in [0, 0.1) is 5.82 Å². The van der Waals surface area contributed by atoms with E-state index in [1.165, 1.54) is 6.07 Å². The van der Waals surface area contributed by atoms with E-state index >= 15 is 0 Å². The molecule has 1 saturated heterocycles. The van der Waals surface area contributed by atoms with Crippen LogP contribution in [-0.2, 0) is 17.8 Å². The number of aromatic nitrogens is 1. The maximum absolute atomic E-state index is 13.8. The molecule has 1 amide bonds. The number of hydrogen-bond acceptors (Lipinski definition) is 4. The first-order valence-corrected chi connectivity index (χ1v) is 8.80. The van der Waals surface area contributed by atoms with Crippen LogP contribution in [0.25, 0.3) is 0 Å². The van der Waals surface area contributed by atoms with Crippen LogP contribution in [-0.4, -0.2) is 34.9 Å². The summed E-state index contributed by atoms with van der Waals surface area (Å²) in [5, 5.41) is 4.98. The van der Waals surface area contributed by atoms with Crippen LogP contribution in [0.3, 0.4) is 0 Å². The molecule has 1 aliphatic heterocycles. The van der Waals surface area contributed by atoms with Crippen LogP contribution in [0.2, 0.25) is 0 Å². The van der Waals surface area contributed by atoms with E-state index in [2.05, 4.69) is 15.2 Å². The molecule has 2 aromatic rings. The topological polar surface area (TPSA) is 45.2 Å². The summed E-state index contributed by atoms with van der Waals surface area (Å²) in [4.78, 5) is 18.7. The second kappa shape index (κ2) is 7.66. The predicted octanol–water partition coefficient (Wildman–Crippen LogP) is 2.61. The fourth-order valence-corrected chi connectivity index (χ4v) is 3.54. The molecule has 23 heavy (non-hydrogen) atoms. The van der Waals surface area contributed by atoms with Gasteiger partial charge in [-0.05, 0) is 25.5 Å². The molecule has 0 spiro atoms. The molecule has 6 heteroatoms. The standard InChI is InChI=1S/C17H20FN3OS/c18-15-5-2-1-4-13(15)10-21-9-3-6-16(21)17(22)19-8-7-14-11-23-12-20-14/h1-2,4-5,11-12,16H,3,6-10H2,(H,19,22). The normalized spacial score (nSPS) is 18.2. The van der Waals surface area contributed by atoms with Gasteiger partial charge < -0.3 is 5.32 Å². The molecule has 1 aromatic heterocycles. The molecule has 0 saturated carbocycles. The number of rotatable bonds is 6. The second-order valence-corrected chi connectivity index (χ2v) is 6.46. The lowest BCUT2D eigenvalue weighted by molar-refractivity contribution is -0.125. The monoisotopic (exact) mass is 333 g/mol. The van der Waals surface area contributed by atoms with Gasteiger partial charge in [-0.1, -0.05) is 18.2 Å². The van der Waals surface area contributed by atoms with Crippen molar-refractivity contribution in [2.45, 2.75) is 31.8 Å². The van der Waals surface area contributed by atoms with Gasteiger partial charge in [-0.25, -0.2) is 9.37 Å². The summed E-state index contributed by atoms with van der Waals surface area (Å²) in [7, 11) is 0. The number of nitrogens with zero attached hydrogens (tertiary/aromatic N) is 2. The van der Waals surface area contributed by atoms with Crippen molar-refractivity contribution in [3.63, 3.8) is 0 Å². The van der Waals surface area contributed by atoms with E-state index in [1.54, 1.807) is 29.0 Å². The molecule has 0 aliphatic carbocycles. The first-order valence-electron chi connectivity index (χ1n) is 7.86. The van der Waals surface area contributed by atoms with E-state index < -0.39 is 0 Å². The van der Waals surface area contributed by atoms with E-state index in [0.717, 1.165) is 31.5 Å². The van der Waals surface area contributed by atoms with E-state index in [4.69, 9.17) is 0 Å². The lowest BCUT2D eigenvalue weighted by atomic mass is 10.1. The van der Waals surface area contributed by atoms with Gasteiger partial charge in [0.15, 0.2) is 0 Å². The van der Waals surface area contributed by atoms with Gasteiger partial charge in [-0.15, -0.1) is 11.3 Å². The van der Waals surface area contributed by atoms with Gasteiger partial charge >= 0.3 is 0 Å². The predicted molar refractivity (Wildman–Crippen MR) is 88.7 cm³/mol. The van der Waals surface area contributed by atoms with E-state index in [1.807, 2.05) is 11.4 Å². The number of likely N-dealkylation sites (tertiary alicyclic amines) is 1. The first kappa shape index (κ1) is 16.1. The van der Waals surface area contributed by atoms with Gasteiger partial charge in [0.05, 0.1) is 17.2 Å². The Kier molecular flexibility index (Phi) is 5.35. The minimum Gasteiger partial charge on any atom is -0.354 e. The molecule has 1 unspecified atom stereocenters. The van der Waals surface area contributed by atoms with Crippen LogP contribution in [0.4, 0.5) is 4.39 Å². The highest BCUT2D eigenvalue weighted by molar-refractivity contribution is 7.07. The van der Waals surface area contributed by atoms with Gasteiger partial charge in [0.25, 0.3) is 0 Å². The van der Waals surface area contributed by atoms with Crippen LogP contribution < -0.4 is 5.32 Å². The van der Waals surface area contributed by atoms with Gasteiger partial charge in [-0.3, -0.25) is 9.69 Å². The molecule has 1 fully saturated rings. The molecule has 4 nitrogen and oxygen atoms in total. The SMILES string of the molecule is O=C(NCCc1cscn1)C1CCCN1Cc1ccccc1F. The molecule has 1 atom stereocenters. The summed E-state index contributed by atoms with van der Waals surface area (Å²) >= 11 is 1.56. The highest BCUT2D eigenvalue weighted by Gasteiger charge is 2.30. The Morgan fingerprint density at radius 3 is 3.09 bits per heavy atom. The number of thiazole rings is 1. The maximum atomic E-state index is 13.8. The van der Waals surface area contributed by atoms with E-state index in [0.29, 0.717) is 18.7 Å². The minimum absolute atomic E-state index is 0.0362. The lowest BCUT2D eigenvalue weighted by Gasteiger charge is -2.23. The number of carbonyl (C=O) groups excluding carboxylic acids is 1. The Morgan fingerprint density at radius 2 is 2.30 bits per heavy atom. The third kappa shape index (κ3) is 4.14. The Bertz CT molecular complexity index is 647. The lowest BCUT2D eigenvalue weighted by Crippen LogP contribution is -2.43. The smallest absolute Gasteiger partial charge is 0.237 e. The Labute approximate surface area is 139 Å². The first-order chi connectivity index (χ1) is 11.2. The molecular formula is C17H20FN3OS. The van der Waals surface area contributed by atoms with Crippen molar-refractivity contribution in [1.82, 2.24) is 15.2 Å². The fourth-order valence-electron chi connectivity index (χ4n) is 2.95. The van der Waals surface area contributed by atoms with Gasteiger partial charge in [0.1, 0.15) is 5.82 Å². The molecule has 0 radical (unpaired) electrons. The molecule has 1 aromatic carbocycles. The second-order valence-electron chi connectivity index (χ2n) is 5.74. The third-order valence-corrected chi connectivity index (χ3v) is 4.80. The summed E-state index contributed by atoms with van der Waals surface area (Å²) in [5.74, 6) is -0.170. The van der Waals surface area contributed by atoms with Crippen molar-refractivity contribution in [3.8, 4) is 0 Å². The molecule has 2 heterocycles. The van der Waals surface area contributed by atoms with Gasteiger partial charge in [-0.2, -0.15) is 0 Å². The van der Waals surface area contributed by atoms with Crippen molar-refractivity contribution in [2.24, 2.45) is 0 Å². The highest BCUT2D eigenvalue weighted by atomic mass is 32.1. The van der Waals surface area contributed by atoms with Crippen molar-refractivity contribution in [1.29, 1.82) is 0 Å². The number of hydrogen-bond donors (Lipinski definition) is 1. The number of nitrogens with one attached hydrogen (secondary N) is 1. The van der Waals surface area contributed by atoms with Crippen LogP contribution in [0.5, 0.6) is 0 Å². The van der Waals surface area contributed by atoms with E-state index in [9.17, 15) is 9.18 Å². The summed E-state index contributed by atoms with van der Waals surface area (Å²) in [5.41, 5.74) is 3.45. The largest absolute Gasteiger partial charge is 0.354 e. The van der Waals surface area contributed by atoms with Gasteiger partial charge in [0.2, 0.25) is 5.91 Å². The summed E-state index contributed by atoms with van der Waals surface area (Å²) in [6.45, 7) is 1.90. The number of halogens is 1. The quantitative estimate of drug-likeness (QED) is 0.884. The maximum Gasteiger partial charge on any atom is 0.237 e. The summed E-state index contributed by atoms with van der Waals surface area (Å²) < 4.78 is 13.8. The van der Waals surface area contributed by atoms with Crippen LogP contribution in [0.15, 0.2) is 35.2 Å². The zero-order chi connectivity index (χ0) is 16.1. The molecule has 1 aliphatic rings. The van der Waals surface area contributed by atoms with Crippen LogP contribution in [0.1, 0.15) is 24.1 Å². The molecular weight excluding hydrogens is 313 g/mol. The van der Waals surface area contributed by atoms with Crippen molar-refractivity contribution < 1.29 is 9.18 Å². The molecule has 1 N–H and O–H groups in total. The molecule has 0 bridgehead atoms. The zero-order valence-corrected chi connectivity index (χ0v) is 13.7. The molecule has 3 rings (SSSR count). The fraction of sp³-hybridized carbons (Fsp3) is 0.412. The summed E-state index contributed by atoms with van der Waals surface area (Å²) in [6, 6.07) is 6.60. The zero-order valence-electron chi connectivity index (χ0n) is 12.9. The Balaban J connectivity index is 1.53. The van der Waals surface area contributed by atoms with E-state index in [-0.39, 0.29) is 17.8 Å². The Morgan fingerprint density at radius 1 is 1.43 bits per heavy atom. The van der Waals surface area contributed by atoms with Gasteiger partial charge in [0, 0.05) is 30.5 Å².